The fourth-order valence-corrected chi connectivity index (χ4v) is 2.28. The van der Waals surface area contributed by atoms with Crippen LogP contribution in [0.4, 0.5) is 0 Å². The van der Waals surface area contributed by atoms with Gasteiger partial charge >= 0.3 is 0 Å². The average Bonchev–Trinajstić information content (AvgIpc) is 3.19. The largest absolute Gasteiger partial charge is 0.399 e. The van der Waals surface area contributed by atoms with Crippen LogP contribution in [0.5, 0.6) is 0 Å². The maximum Gasteiger partial charge on any atom is 0.251 e. The summed E-state index contributed by atoms with van der Waals surface area (Å²) < 4.78 is 1.67. The fourth-order valence-electron chi connectivity index (χ4n) is 2.28. The van der Waals surface area contributed by atoms with Gasteiger partial charge in [-0.25, -0.2) is 9.67 Å². The van der Waals surface area contributed by atoms with E-state index in [0.29, 0.717) is 17.9 Å². The average molecular weight is 335 g/mol. The van der Waals surface area contributed by atoms with E-state index >= 15 is 0 Å². The fraction of sp³-hybridized carbons (Fsp3) is 0.111. The van der Waals surface area contributed by atoms with Crippen molar-refractivity contribution in [3.05, 3.63) is 77.7 Å². The van der Waals surface area contributed by atoms with Gasteiger partial charge in [0, 0.05) is 36.3 Å². The predicted octanol–water partition coefficient (Wildman–Crippen LogP) is 2.18. The summed E-state index contributed by atoms with van der Waals surface area (Å²) >= 11 is 0. The summed E-state index contributed by atoms with van der Waals surface area (Å²) in [6, 6.07) is 12.7. The minimum Gasteiger partial charge on any atom is -0.399 e. The molecule has 3 aromatic rings. The van der Waals surface area contributed by atoms with Gasteiger partial charge in [0.05, 0.1) is 6.21 Å². The molecule has 0 aliphatic heterocycles. The van der Waals surface area contributed by atoms with Gasteiger partial charge in [0.1, 0.15) is 7.11 Å². The molecule has 0 saturated heterocycles. The summed E-state index contributed by atoms with van der Waals surface area (Å²) in [4.78, 5) is 21.3. The Hall–Kier alpha value is -3.48. The van der Waals surface area contributed by atoms with Gasteiger partial charge in [0.15, 0.2) is 5.82 Å². The van der Waals surface area contributed by atoms with E-state index in [4.69, 9.17) is 0 Å². The number of pyridine rings is 1. The maximum atomic E-state index is 12.3. The smallest absolute Gasteiger partial charge is 0.251 e. The van der Waals surface area contributed by atoms with Gasteiger partial charge in [-0.05, 0) is 29.8 Å². The van der Waals surface area contributed by atoms with E-state index in [9.17, 15) is 4.79 Å². The molecule has 126 valence electrons. The molecule has 2 aromatic heterocycles. The van der Waals surface area contributed by atoms with Gasteiger partial charge in [-0.1, -0.05) is 23.4 Å². The van der Waals surface area contributed by atoms with Crippen LogP contribution in [0.2, 0.25) is 0 Å². The molecule has 25 heavy (non-hydrogen) atoms. The number of benzene rings is 1. The van der Waals surface area contributed by atoms with Crippen LogP contribution in [0.15, 0.2) is 66.2 Å². The van der Waals surface area contributed by atoms with Gasteiger partial charge in [-0.2, -0.15) is 5.10 Å². The van der Waals surface area contributed by atoms with Crippen molar-refractivity contribution >= 4 is 12.1 Å². The van der Waals surface area contributed by atoms with Crippen LogP contribution >= 0.6 is 0 Å². The molecule has 0 unspecified atom stereocenters. The third-order valence-electron chi connectivity index (χ3n) is 3.51. The van der Waals surface area contributed by atoms with Crippen LogP contribution in [-0.2, 0) is 11.4 Å². The highest BCUT2D eigenvalue weighted by molar-refractivity contribution is 5.95. The zero-order valence-corrected chi connectivity index (χ0v) is 13.7. The number of hydrogen-bond donors (Lipinski definition) is 1. The number of aromatic nitrogens is 3. The quantitative estimate of drug-likeness (QED) is 0.553. The highest BCUT2D eigenvalue weighted by atomic mass is 16.6. The number of carbonyl (C=O) groups excluding carboxylic acids is 1. The van der Waals surface area contributed by atoms with Crippen molar-refractivity contribution in [1.82, 2.24) is 20.1 Å². The van der Waals surface area contributed by atoms with Crippen LogP contribution in [0.3, 0.4) is 0 Å². The van der Waals surface area contributed by atoms with E-state index in [1.807, 2.05) is 24.4 Å². The minimum atomic E-state index is -0.162. The highest BCUT2D eigenvalue weighted by Crippen LogP contribution is 2.10. The van der Waals surface area contributed by atoms with E-state index in [1.165, 1.54) is 7.11 Å². The van der Waals surface area contributed by atoms with Gasteiger partial charge in [0.2, 0.25) is 0 Å². The zero-order valence-electron chi connectivity index (χ0n) is 13.7. The molecule has 7 nitrogen and oxygen atoms in total. The topological polar surface area (TPSA) is 81.4 Å². The van der Waals surface area contributed by atoms with Crippen molar-refractivity contribution in [1.29, 1.82) is 0 Å². The lowest BCUT2D eigenvalue weighted by Crippen LogP contribution is -2.23. The molecule has 0 radical (unpaired) electrons. The first-order valence-corrected chi connectivity index (χ1v) is 7.66. The molecule has 1 aromatic carbocycles. The summed E-state index contributed by atoms with van der Waals surface area (Å²) in [5.74, 6) is 0.532. The molecule has 3 rings (SSSR count). The second-order valence-electron chi connectivity index (χ2n) is 5.16. The summed E-state index contributed by atoms with van der Waals surface area (Å²) in [6.45, 7) is 0.356. The molecule has 1 N–H and O–H groups in total. The SMILES string of the molecule is CON=Cc1ccc(C(=O)NCc2cccnc2-n2cccn2)cc1. The van der Waals surface area contributed by atoms with Gasteiger partial charge in [0.25, 0.3) is 5.91 Å². The Kier molecular flexibility index (Phi) is 5.16. The van der Waals surface area contributed by atoms with Crippen LogP contribution in [0.25, 0.3) is 5.82 Å². The number of hydrogen-bond acceptors (Lipinski definition) is 5. The van der Waals surface area contributed by atoms with Crippen LogP contribution in [0, 0.1) is 0 Å². The standard InChI is InChI=1S/C18H17N5O2/c1-25-22-12-14-5-7-15(8-6-14)18(24)20-13-16-4-2-9-19-17(16)23-11-3-10-21-23/h2-12H,13H2,1H3,(H,20,24). The molecule has 2 heterocycles. The Balaban J connectivity index is 1.68. The van der Waals surface area contributed by atoms with Crippen molar-refractivity contribution < 1.29 is 9.63 Å². The summed E-state index contributed by atoms with van der Waals surface area (Å²) in [5, 5.41) is 10.8. The van der Waals surface area contributed by atoms with E-state index in [2.05, 4.69) is 25.4 Å². The van der Waals surface area contributed by atoms with E-state index < -0.39 is 0 Å². The number of rotatable bonds is 6. The van der Waals surface area contributed by atoms with Crippen LogP contribution < -0.4 is 5.32 Å². The molecule has 0 atom stereocenters. The minimum absolute atomic E-state index is 0.162. The molecular weight excluding hydrogens is 318 g/mol. The molecule has 0 fully saturated rings. The molecule has 1 amide bonds. The summed E-state index contributed by atoms with van der Waals surface area (Å²) in [7, 11) is 1.48. The molecule has 0 aliphatic rings. The number of amides is 1. The molecule has 0 bridgehead atoms. The van der Waals surface area contributed by atoms with Crippen LogP contribution in [0.1, 0.15) is 21.5 Å². The second-order valence-corrected chi connectivity index (χ2v) is 5.16. The van der Waals surface area contributed by atoms with Crippen molar-refractivity contribution in [2.75, 3.05) is 7.11 Å². The lowest BCUT2D eigenvalue weighted by molar-refractivity contribution is 0.0951. The lowest BCUT2D eigenvalue weighted by atomic mass is 10.1. The van der Waals surface area contributed by atoms with Gasteiger partial charge < -0.3 is 10.2 Å². The number of nitrogens with zero attached hydrogens (tertiary/aromatic N) is 4. The predicted molar refractivity (Wildman–Crippen MR) is 93.6 cm³/mol. The van der Waals surface area contributed by atoms with Crippen molar-refractivity contribution in [3.8, 4) is 5.82 Å². The zero-order chi connectivity index (χ0) is 17.5. The molecular formula is C18H17N5O2. The lowest BCUT2D eigenvalue weighted by Gasteiger charge is -2.10. The summed E-state index contributed by atoms with van der Waals surface area (Å²) in [5.41, 5.74) is 2.30. The third kappa shape index (κ3) is 4.08. The second kappa shape index (κ2) is 7.87. The first kappa shape index (κ1) is 16.4. The Morgan fingerprint density at radius 2 is 2.08 bits per heavy atom. The van der Waals surface area contributed by atoms with Crippen molar-refractivity contribution in [2.45, 2.75) is 6.54 Å². The summed E-state index contributed by atoms with van der Waals surface area (Å²) in [6.07, 6.45) is 6.77. The third-order valence-corrected chi connectivity index (χ3v) is 3.51. The normalized spacial score (nSPS) is 10.8. The Bertz CT molecular complexity index is 857. The van der Waals surface area contributed by atoms with E-state index in [0.717, 1.165) is 11.1 Å². The van der Waals surface area contributed by atoms with Gasteiger partial charge in [-0.3, -0.25) is 4.79 Å². The van der Waals surface area contributed by atoms with E-state index in [-0.39, 0.29) is 5.91 Å². The Labute approximate surface area is 145 Å². The molecule has 0 saturated carbocycles. The van der Waals surface area contributed by atoms with Gasteiger partial charge in [-0.15, -0.1) is 0 Å². The Morgan fingerprint density at radius 1 is 1.24 bits per heavy atom. The Morgan fingerprint density at radius 3 is 2.80 bits per heavy atom. The van der Waals surface area contributed by atoms with Crippen molar-refractivity contribution in [2.24, 2.45) is 5.16 Å². The highest BCUT2D eigenvalue weighted by Gasteiger charge is 2.09. The number of carbonyl (C=O) groups is 1. The van der Waals surface area contributed by atoms with Crippen molar-refractivity contribution in [3.63, 3.8) is 0 Å². The molecule has 0 aliphatic carbocycles. The first-order valence-electron chi connectivity index (χ1n) is 7.66. The number of oxime groups is 1. The van der Waals surface area contributed by atoms with E-state index in [1.54, 1.807) is 47.6 Å². The maximum absolute atomic E-state index is 12.3. The molecule has 7 heteroatoms. The number of nitrogens with one attached hydrogen (secondary N) is 1. The monoisotopic (exact) mass is 335 g/mol. The first-order chi connectivity index (χ1) is 12.3. The van der Waals surface area contributed by atoms with Crippen LogP contribution in [-0.4, -0.2) is 34.0 Å². The molecule has 0 spiro atoms.